The third-order valence-corrected chi connectivity index (χ3v) is 2.11. The van der Waals surface area contributed by atoms with Gasteiger partial charge < -0.3 is 4.74 Å². The fourth-order valence-corrected chi connectivity index (χ4v) is 1.44. The monoisotopic (exact) mass is 164 g/mol. The van der Waals surface area contributed by atoms with E-state index in [9.17, 15) is 0 Å². The predicted molar refractivity (Wildman–Crippen MR) is 46.8 cm³/mol. The number of ether oxygens (including phenoxy) is 1. The first-order valence-corrected chi connectivity index (χ1v) is 4.07. The maximum Gasteiger partial charge on any atom is 0.122 e. The van der Waals surface area contributed by atoms with Gasteiger partial charge in [-0.25, -0.2) is 0 Å². The molecule has 0 aliphatic carbocycles. The number of benzene rings is 1. The number of nitrogens with two attached hydrogens (primary N) is 1. The van der Waals surface area contributed by atoms with Crippen molar-refractivity contribution in [2.45, 2.75) is 12.5 Å². The van der Waals surface area contributed by atoms with Crippen LogP contribution in [-0.2, 0) is 6.42 Å². The zero-order valence-electron chi connectivity index (χ0n) is 6.79. The SMILES string of the molecule is NNC1COc2ccccc2C1. The Hall–Kier alpha value is -1.06. The van der Waals surface area contributed by atoms with Gasteiger partial charge >= 0.3 is 0 Å². The molecule has 3 heteroatoms. The molecular weight excluding hydrogens is 152 g/mol. The summed E-state index contributed by atoms with van der Waals surface area (Å²) in [6.07, 6.45) is 0.951. The third kappa shape index (κ3) is 1.29. The van der Waals surface area contributed by atoms with E-state index < -0.39 is 0 Å². The lowest BCUT2D eigenvalue weighted by molar-refractivity contribution is 0.240. The molecule has 0 saturated heterocycles. The molecule has 0 aromatic heterocycles. The first-order chi connectivity index (χ1) is 5.90. The van der Waals surface area contributed by atoms with E-state index in [-0.39, 0.29) is 6.04 Å². The van der Waals surface area contributed by atoms with Gasteiger partial charge in [0.25, 0.3) is 0 Å². The van der Waals surface area contributed by atoms with Crippen molar-refractivity contribution in [3.63, 3.8) is 0 Å². The van der Waals surface area contributed by atoms with Crippen LogP contribution in [0.5, 0.6) is 5.75 Å². The zero-order chi connectivity index (χ0) is 8.39. The van der Waals surface area contributed by atoms with Gasteiger partial charge in [0, 0.05) is 0 Å². The fourth-order valence-electron chi connectivity index (χ4n) is 1.44. The third-order valence-electron chi connectivity index (χ3n) is 2.11. The molecule has 1 aliphatic rings. The number of fused-ring (bicyclic) bond motifs is 1. The average molecular weight is 164 g/mol. The summed E-state index contributed by atoms with van der Waals surface area (Å²) >= 11 is 0. The smallest absolute Gasteiger partial charge is 0.122 e. The van der Waals surface area contributed by atoms with Crippen LogP contribution >= 0.6 is 0 Å². The van der Waals surface area contributed by atoms with Crippen LogP contribution in [0.25, 0.3) is 0 Å². The van der Waals surface area contributed by atoms with E-state index in [2.05, 4.69) is 11.5 Å². The molecule has 2 rings (SSSR count). The van der Waals surface area contributed by atoms with Crippen LogP contribution in [0.15, 0.2) is 24.3 Å². The molecule has 1 atom stereocenters. The van der Waals surface area contributed by atoms with Gasteiger partial charge in [-0.05, 0) is 18.1 Å². The van der Waals surface area contributed by atoms with Crippen molar-refractivity contribution >= 4 is 0 Å². The predicted octanol–water partition coefficient (Wildman–Crippen LogP) is 0.453. The summed E-state index contributed by atoms with van der Waals surface area (Å²) in [6.45, 7) is 0.660. The molecule has 1 unspecified atom stereocenters. The van der Waals surface area contributed by atoms with Crippen LogP contribution in [0, 0.1) is 0 Å². The van der Waals surface area contributed by atoms with Crippen molar-refractivity contribution < 1.29 is 4.74 Å². The van der Waals surface area contributed by atoms with Gasteiger partial charge in [0.15, 0.2) is 0 Å². The summed E-state index contributed by atoms with van der Waals surface area (Å²) in [6, 6.07) is 8.30. The van der Waals surface area contributed by atoms with E-state index in [1.54, 1.807) is 0 Å². The van der Waals surface area contributed by atoms with E-state index in [0.717, 1.165) is 12.2 Å². The van der Waals surface area contributed by atoms with E-state index in [1.807, 2.05) is 18.2 Å². The van der Waals surface area contributed by atoms with Gasteiger partial charge in [0.1, 0.15) is 12.4 Å². The quantitative estimate of drug-likeness (QED) is 0.468. The maximum absolute atomic E-state index is 5.48. The van der Waals surface area contributed by atoms with Crippen molar-refractivity contribution in [2.75, 3.05) is 6.61 Å². The first kappa shape index (κ1) is 7.58. The molecule has 0 saturated carbocycles. The Morgan fingerprint density at radius 3 is 3.08 bits per heavy atom. The minimum atomic E-state index is 0.250. The lowest BCUT2D eigenvalue weighted by Crippen LogP contribution is -2.43. The summed E-state index contributed by atoms with van der Waals surface area (Å²) < 4.78 is 5.48. The Morgan fingerprint density at radius 2 is 2.25 bits per heavy atom. The maximum atomic E-state index is 5.48. The Kier molecular flexibility index (Phi) is 1.98. The highest BCUT2D eigenvalue weighted by Gasteiger charge is 2.17. The van der Waals surface area contributed by atoms with Crippen LogP contribution in [0.2, 0.25) is 0 Å². The summed E-state index contributed by atoms with van der Waals surface area (Å²) in [4.78, 5) is 0. The van der Waals surface area contributed by atoms with Crippen molar-refractivity contribution in [3.05, 3.63) is 29.8 Å². The topological polar surface area (TPSA) is 47.3 Å². The van der Waals surface area contributed by atoms with Crippen LogP contribution in [0.3, 0.4) is 0 Å². The summed E-state index contributed by atoms with van der Waals surface area (Å²) in [5, 5.41) is 0. The van der Waals surface area contributed by atoms with Crippen LogP contribution in [0.4, 0.5) is 0 Å². The van der Waals surface area contributed by atoms with Crippen LogP contribution < -0.4 is 16.0 Å². The molecule has 12 heavy (non-hydrogen) atoms. The molecule has 1 heterocycles. The largest absolute Gasteiger partial charge is 0.492 e. The van der Waals surface area contributed by atoms with E-state index in [4.69, 9.17) is 10.6 Å². The second-order valence-electron chi connectivity index (χ2n) is 2.99. The number of nitrogens with one attached hydrogen (secondary N) is 1. The molecule has 0 bridgehead atoms. The van der Waals surface area contributed by atoms with Crippen molar-refractivity contribution in [2.24, 2.45) is 5.84 Å². The average Bonchev–Trinajstić information content (AvgIpc) is 2.17. The highest BCUT2D eigenvalue weighted by molar-refractivity contribution is 5.35. The summed E-state index contributed by atoms with van der Waals surface area (Å²) in [5.41, 5.74) is 3.95. The first-order valence-electron chi connectivity index (χ1n) is 4.07. The van der Waals surface area contributed by atoms with Gasteiger partial charge in [-0.15, -0.1) is 0 Å². The normalized spacial score (nSPS) is 21.2. The second-order valence-corrected chi connectivity index (χ2v) is 2.99. The molecule has 1 aromatic rings. The molecule has 64 valence electrons. The van der Waals surface area contributed by atoms with Crippen molar-refractivity contribution in [1.82, 2.24) is 5.43 Å². The summed E-state index contributed by atoms with van der Waals surface area (Å²) in [5.74, 6) is 6.32. The minimum absolute atomic E-state index is 0.250. The van der Waals surface area contributed by atoms with Gasteiger partial charge in [-0.2, -0.15) is 0 Å². The van der Waals surface area contributed by atoms with Crippen LogP contribution in [-0.4, -0.2) is 12.6 Å². The molecular formula is C9H12N2O. The fraction of sp³-hybridized carbons (Fsp3) is 0.333. The van der Waals surface area contributed by atoms with Gasteiger partial charge in [-0.3, -0.25) is 11.3 Å². The Morgan fingerprint density at radius 1 is 1.42 bits per heavy atom. The number of hydrazine groups is 1. The zero-order valence-corrected chi connectivity index (χ0v) is 6.79. The molecule has 0 spiro atoms. The number of hydrogen-bond acceptors (Lipinski definition) is 3. The van der Waals surface area contributed by atoms with E-state index in [1.165, 1.54) is 5.56 Å². The van der Waals surface area contributed by atoms with Gasteiger partial charge in [0.2, 0.25) is 0 Å². The molecule has 0 amide bonds. The molecule has 1 aromatic carbocycles. The number of hydrogen-bond donors (Lipinski definition) is 2. The molecule has 0 fully saturated rings. The highest BCUT2D eigenvalue weighted by atomic mass is 16.5. The lowest BCUT2D eigenvalue weighted by atomic mass is 10.0. The van der Waals surface area contributed by atoms with E-state index >= 15 is 0 Å². The summed E-state index contributed by atoms with van der Waals surface area (Å²) in [7, 11) is 0. The number of para-hydroxylation sites is 1. The van der Waals surface area contributed by atoms with Crippen LogP contribution in [0.1, 0.15) is 5.56 Å². The van der Waals surface area contributed by atoms with E-state index in [0.29, 0.717) is 6.61 Å². The molecule has 0 radical (unpaired) electrons. The molecule has 1 aliphatic heterocycles. The Balaban J connectivity index is 2.23. The van der Waals surface area contributed by atoms with Crippen molar-refractivity contribution in [3.8, 4) is 5.75 Å². The Labute approximate surface area is 71.5 Å². The second kappa shape index (κ2) is 3.13. The van der Waals surface area contributed by atoms with Crippen molar-refractivity contribution in [1.29, 1.82) is 0 Å². The molecule has 3 N–H and O–H groups in total. The standard InChI is InChI=1S/C9H12N2O/c10-11-8-5-7-3-1-2-4-9(7)12-6-8/h1-4,8,11H,5-6,10H2. The van der Waals surface area contributed by atoms with Gasteiger partial charge in [-0.1, -0.05) is 18.2 Å². The highest BCUT2D eigenvalue weighted by Crippen LogP contribution is 2.23. The van der Waals surface area contributed by atoms with Gasteiger partial charge in [0.05, 0.1) is 6.04 Å². The minimum Gasteiger partial charge on any atom is -0.492 e. The Bertz CT molecular complexity index is 275. The molecule has 3 nitrogen and oxygen atoms in total. The lowest BCUT2D eigenvalue weighted by Gasteiger charge is -2.24. The number of rotatable bonds is 1.